The van der Waals surface area contributed by atoms with Crippen molar-refractivity contribution in [1.82, 2.24) is 15.5 Å². The maximum atomic E-state index is 14.4. The molecular formula is C21H20ClFN4O2. The molecule has 0 fully saturated rings. The van der Waals surface area contributed by atoms with Crippen molar-refractivity contribution in [3.63, 3.8) is 0 Å². The van der Waals surface area contributed by atoms with Gasteiger partial charge in [-0.3, -0.25) is 14.7 Å². The fourth-order valence-corrected chi connectivity index (χ4v) is 3.55. The molecule has 1 heterocycles. The molecule has 8 heteroatoms. The Morgan fingerprint density at radius 1 is 1.28 bits per heavy atom. The molecule has 0 unspecified atom stereocenters. The summed E-state index contributed by atoms with van der Waals surface area (Å²) in [4.78, 5) is 24.5. The van der Waals surface area contributed by atoms with Crippen LogP contribution in [0, 0.1) is 19.7 Å². The number of benzene rings is 2. The zero-order valence-electron chi connectivity index (χ0n) is 15.9. The number of H-pyrrole nitrogens is 1. The number of nitrogens with zero attached hydrogens (tertiary/aromatic N) is 1. The molecule has 0 saturated heterocycles. The second kappa shape index (κ2) is 8.45. The topological polar surface area (TPSA) is 101 Å². The van der Waals surface area contributed by atoms with Gasteiger partial charge in [-0.1, -0.05) is 29.8 Å². The van der Waals surface area contributed by atoms with E-state index >= 15 is 0 Å². The van der Waals surface area contributed by atoms with Crippen molar-refractivity contribution in [2.45, 2.75) is 26.3 Å². The average Bonchev–Trinajstić information content (AvgIpc) is 3.09. The first kappa shape index (κ1) is 20.5. The summed E-state index contributed by atoms with van der Waals surface area (Å²) in [6.45, 7) is 3.60. The Kier molecular flexibility index (Phi) is 5.98. The lowest BCUT2D eigenvalue weighted by molar-refractivity contribution is -0.118. The van der Waals surface area contributed by atoms with E-state index in [4.69, 9.17) is 17.3 Å². The third-order valence-electron chi connectivity index (χ3n) is 4.53. The fourth-order valence-electron chi connectivity index (χ4n) is 3.25. The number of aromatic amines is 1. The van der Waals surface area contributed by atoms with Gasteiger partial charge in [-0.05, 0) is 48.7 Å². The summed E-state index contributed by atoms with van der Waals surface area (Å²) in [5, 5.41) is 9.87. The third-order valence-corrected chi connectivity index (χ3v) is 4.75. The molecule has 3 aromatic rings. The molecular weight excluding hydrogens is 395 g/mol. The minimum atomic E-state index is -0.693. The lowest BCUT2D eigenvalue weighted by Crippen LogP contribution is -2.32. The van der Waals surface area contributed by atoms with E-state index in [2.05, 4.69) is 15.5 Å². The zero-order chi connectivity index (χ0) is 21.1. The zero-order valence-corrected chi connectivity index (χ0v) is 16.7. The number of halogens is 2. The van der Waals surface area contributed by atoms with E-state index in [9.17, 15) is 14.0 Å². The molecule has 0 bridgehead atoms. The molecule has 2 aromatic carbocycles. The predicted octanol–water partition coefficient (Wildman–Crippen LogP) is 3.83. The van der Waals surface area contributed by atoms with Crippen LogP contribution in [0.15, 0.2) is 42.6 Å². The smallest absolute Gasteiger partial charge is 0.255 e. The SMILES string of the molecule is Cc1cc(Cl)cc([C@@H](CC(N)=O)NC(=O)c2cn[nH]c2-c2c(C)cccc2F)c1. The summed E-state index contributed by atoms with van der Waals surface area (Å²) in [7, 11) is 0. The highest BCUT2D eigenvalue weighted by molar-refractivity contribution is 6.30. The molecule has 0 spiro atoms. The Morgan fingerprint density at radius 2 is 2.03 bits per heavy atom. The van der Waals surface area contributed by atoms with Crippen LogP contribution in [0.2, 0.25) is 5.02 Å². The fraction of sp³-hybridized carbons (Fsp3) is 0.190. The Balaban J connectivity index is 1.96. The minimum Gasteiger partial charge on any atom is -0.370 e. The maximum Gasteiger partial charge on any atom is 0.255 e. The molecule has 29 heavy (non-hydrogen) atoms. The second-order valence-corrected chi connectivity index (χ2v) is 7.29. The van der Waals surface area contributed by atoms with E-state index in [1.807, 2.05) is 13.0 Å². The normalized spacial score (nSPS) is 11.9. The van der Waals surface area contributed by atoms with Crippen LogP contribution in [0.3, 0.4) is 0 Å². The van der Waals surface area contributed by atoms with Crippen molar-refractivity contribution in [3.05, 3.63) is 75.7 Å². The number of aromatic nitrogens is 2. The molecule has 3 rings (SSSR count). The number of rotatable bonds is 6. The van der Waals surface area contributed by atoms with Gasteiger partial charge < -0.3 is 11.1 Å². The number of primary amides is 1. The van der Waals surface area contributed by atoms with E-state index in [1.165, 1.54) is 12.3 Å². The van der Waals surface area contributed by atoms with Gasteiger partial charge >= 0.3 is 0 Å². The Hall–Kier alpha value is -3.19. The van der Waals surface area contributed by atoms with Crippen molar-refractivity contribution in [3.8, 4) is 11.3 Å². The molecule has 4 N–H and O–H groups in total. The highest BCUT2D eigenvalue weighted by atomic mass is 35.5. The largest absolute Gasteiger partial charge is 0.370 e. The summed E-state index contributed by atoms with van der Waals surface area (Å²) in [6.07, 6.45) is 1.21. The number of hydrogen-bond donors (Lipinski definition) is 3. The van der Waals surface area contributed by atoms with E-state index in [1.54, 1.807) is 31.2 Å². The number of nitrogens with two attached hydrogens (primary N) is 1. The van der Waals surface area contributed by atoms with E-state index in [-0.39, 0.29) is 23.2 Å². The van der Waals surface area contributed by atoms with Crippen LogP contribution in [-0.2, 0) is 4.79 Å². The Morgan fingerprint density at radius 3 is 2.69 bits per heavy atom. The Bertz CT molecular complexity index is 1040. The van der Waals surface area contributed by atoms with Gasteiger partial charge in [0, 0.05) is 10.6 Å². The monoisotopic (exact) mass is 414 g/mol. The maximum absolute atomic E-state index is 14.4. The van der Waals surface area contributed by atoms with E-state index in [0.717, 1.165) is 5.56 Å². The molecule has 0 radical (unpaired) electrons. The average molecular weight is 415 g/mol. The number of nitrogens with one attached hydrogen (secondary N) is 2. The standard InChI is InChI=1S/C21H20ClFN4O2/c1-11-6-13(8-14(22)7-11)17(9-18(24)28)26-21(29)15-10-25-27-20(15)19-12(2)4-3-5-16(19)23/h3-8,10,17H,9H2,1-2H3,(H2,24,28)(H,25,27)(H,26,29)/t17-/m1/s1. The molecule has 150 valence electrons. The highest BCUT2D eigenvalue weighted by Crippen LogP contribution is 2.29. The van der Waals surface area contributed by atoms with Crippen molar-refractivity contribution >= 4 is 23.4 Å². The lowest BCUT2D eigenvalue weighted by Gasteiger charge is -2.19. The van der Waals surface area contributed by atoms with Crippen LogP contribution in [-0.4, -0.2) is 22.0 Å². The van der Waals surface area contributed by atoms with E-state index in [0.29, 0.717) is 16.1 Å². The first-order valence-corrected chi connectivity index (χ1v) is 9.29. The lowest BCUT2D eigenvalue weighted by atomic mass is 9.99. The van der Waals surface area contributed by atoms with Gasteiger partial charge in [0.2, 0.25) is 5.91 Å². The summed E-state index contributed by atoms with van der Waals surface area (Å²) in [5.74, 6) is -1.56. The molecule has 0 aliphatic carbocycles. The number of amides is 2. The summed E-state index contributed by atoms with van der Waals surface area (Å²) in [6, 6.07) is 9.21. The summed E-state index contributed by atoms with van der Waals surface area (Å²) in [5.41, 5.74) is 8.24. The first-order chi connectivity index (χ1) is 13.8. The van der Waals surface area contributed by atoms with Crippen LogP contribution in [0.5, 0.6) is 0 Å². The van der Waals surface area contributed by atoms with Gasteiger partial charge in [0.05, 0.1) is 29.9 Å². The second-order valence-electron chi connectivity index (χ2n) is 6.85. The van der Waals surface area contributed by atoms with Crippen LogP contribution < -0.4 is 11.1 Å². The molecule has 1 atom stereocenters. The molecule has 6 nitrogen and oxygen atoms in total. The minimum absolute atomic E-state index is 0.114. The summed E-state index contributed by atoms with van der Waals surface area (Å²) < 4.78 is 14.4. The van der Waals surface area contributed by atoms with Crippen molar-refractivity contribution in [1.29, 1.82) is 0 Å². The van der Waals surface area contributed by atoms with Gasteiger partial charge in [0.15, 0.2) is 0 Å². The van der Waals surface area contributed by atoms with Gasteiger partial charge in [-0.25, -0.2) is 4.39 Å². The van der Waals surface area contributed by atoms with Gasteiger partial charge in [-0.2, -0.15) is 5.10 Å². The number of hydrogen-bond acceptors (Lipinski definition) is 3. The number of aryl methyl sites for hydroxylation is 2. The van der Waals surface area contributed by atoms with Gasteiger partial charge in [0.1, 0.15) is 5.82 Å². The van der Waals surface area contributed by atoms with Crippen molar-refractivity contribution in [2.75, 3.05) is 0 Å². The molecule has 2 amide bonds. The van der Waals surface area contributed by atoms with Crippen LogP contribution in [0.1, 0.15) is 39.5 Å². The number of carbonyl (C=O) groups is 2. The summed E-state index contributed by atoms with van der Waals surface area (Å²) >= 11 is 6.12. The highest BCUT2D eigenvalue weighted by Gasteiger charge is 2.23. The van der Waals surface area contributed by atoms with Crippen molar-refractivity contribution < 1.29 is 14.0 Å². The first-order valence-electron chi connectivity index (χ1n) is 8.91. The van der Waals surface area contributed by atoms with Gasteiger partial charge in [0.25, 0.3) is 5.91 Å². The van der Waals surface area contributed by atoms with Crippen LogP contribution in [0.4, 0.5) is 4.39 Å². The number of carbonyl (C=O) groups excluding carboxylic acids is 2. The van der Waals surface area contributed by atoms with Crippen LogP contribution in [0.25, 0.3) is 11.3 Å². The van der Waals surface area contributed by atoms with Crippen LogP contribution >= 0.6 is 11.6 Å². The third kappa shape index (κ3) is 4.63. The van der Waals surface area contributed by atoms with Crippen molar-refractivity contribution in [2.24, 2.45) is 5.73 Å². The Labute approximate surface area is 172 Å². The molecule has 1 aromatic heterocycles. The van der Waals surface area contributed by atoms with Gasteiger partial charge in [-0.15, -0.1) is 0 Å². The van der Waals surface area contributed by atoms with E-state index < -0.39 is 23.7 Å². The predicted molar refractivity (Wildman–Crippen MR) is 109 cm³/mol. The molecule has 0 aliphatic heterocycles. The quantitative estimate of drug-likeness (QED) is 0.571. The molecule has 0 saturated carbocycles. The molecule has 0 aliphatic rings.